The van der Waals surface area contributed by atoms with Crippen LogP contribution < -0.4 is 5.32 Å². The van der Waals surface area contributed by atoms with Gasteiger partial charge in [0, 0.05) is 24.1 Å². The molecule has 2 aromatic rings. The third-order valence-corrected chi connectivity index (χ3v) is 5.20. The molecule has 1 aliphatic heterocycles. The van der Waals surface area contributed by atoms with E-state index in [1.54, 1.807) is 0 Å². The largest absolute Gasteiger partial charge is 0.373 e. The Labute approximate surface area is 130 Å². The Bertz CT molecular complexity index is 713. The number of aromatic nitrogens is 1. The van der Waals surface area contributed by atoms with Gasteiger partial charge in [0.25, 0.3) is 5.91 Å². The highest BCUT2D eigenvalue weighted by Crippen LogP contribution is 2.40. The van der Waals surface area contributed by atoms with Crippen molar-refractivity contribution >= 4 is 16.8 Å². The molecule has 2 heterocycles. The summed E-state index contributed by atoms with van der Waals surface area (Å²) in [4.78, 5) is 12.7. The summed E-state index contributed by atoms with van der Waals surface area (Å²) < 4.78 is 8.03. The van der Waals surface area contributed by atoms with Crippen molar-refractivity contribution in [2.24, 2.45) is 7.05 Å². The lowest BCUT2D eigenvalue weighted by molar-refractivity contribution is 0.00988. The van der Waals surface area contributed by atoms with E-state index in [1.807, 2.05) is 42.1 Å². The second-order valence-corrected chi connectivity index (χ2v) is 6.75. The second kappa shape index (κ2) is 5.13. The van der Waals surface area contributed by atoms with E-state index in [1.165, 1.54) is 12.8 Å². The van der Waals surface area contributed by atoms with Crippen molar-refractivity contribution in [2.45, 2.75) is 43.7 Å². The third kappa shape index (κ3) is 2.22. The van der Waals surface area contributed by atoms with Crippen LogP contribution in [0.5, 0.6) is 0 Å². The van der Waals surface area contributed by atoms with Crippen LogP contribution in [0.25, 0.3) is 10.9 Å². The third-order valence-electron chi connectivity index (χ3n) is 5.20. The lowest BCUT2D eigenvalue weighted by Gasteiger charge is -2.21. The van der Waals surface area contributed by atoms with Crippen molar-refractivity contribution in [1.29, 1.82) is 0 Å². The molecular weight excluding hydrogens is 276 g/mol. The van der Waals surface area contributed by atoms with Crippen LogP contribution in [0.3, 0.4) is 0 Å². The van der Waals surface area contributed by atoms with Gasteiger partial charge in [0.05, 0.1) is 23.8 Å². The van der Waals surface area contributed by atoms with Crippen molar-refractivity contribution in [3.05, 3.63) is 36.0 Å². The number of amides is 1. The molecule has 1 aromatic heterocycles. The van der Waals surface area contributed by atoms with Crippen LogP contribution in [0.4, 0.5) is 0 Å². The lowest BCUT2D eigenvalue weighted by Crippen LogP contribution is -2.36. The number of ether oxygens (including phenoxy) is 1. The first-order chi connectivity index (χ1) is 10.7. The van der Waals surface area contributed by atoms with Gasteiger partial charge in [-0.1, -0.05) is 31.0 Å². The minimum atomic E-state index is 0.0143. The van der Waals surface area contributed by atoms with Gasteiger partial charge < -0.3 is 14.6 Å². The second-order valence-electron chi connectivity index (χ2n) is 6.75. The molecule has 1 aromatic carbocycles. The normalized spacial score (nSPS) is 23.4. The molecule has 2 aliphatic rings. The van der Waals surface area contributed by atoms with Gasteiger partial charge in [0.2, 0.25) is 0 Å². The molecule has 1 amide bonds. The number of aryl methyl sites for hydroxylation is 1. The summed E-state index contributed by atoms with van der Waals surface area (Å²) in [5.74, 6) is 0.0143. The zero-order valence-corrected chi connectivity index (χ0v) is 13.0. The summed E-state index contributed by atoms with van der Waals surface area (Å²) in [5.41, 5.74) is 1.89. The van der Waals surface area contributed by atoms with E-state index in [4.69, 9.17) is 4.74 Å². The van der Waals surface area contributed by atoms with E-state index in [0.717, 1.165) is 35.7 Å². The number of benzene rings is 1. The maximum atomic E-state index is 12.7. The van der Waals surface area contributed by atoms with Gasteiger partial charge in [-0.25, -0.2) is 0 Å². The molecule has 116 valence electrons. The molecule has 22 heavy (non-hydrogen) atoms. The van der Waals surface area contributed by atoms with Crippen molar-refractivity contribution in [3.63, 3.8) is 0 Å². The van der Waals surface area contributed by atoms with Gasteiger partial charge in [-0.3, -0.25) is 4.79 Å². The van der Waals surface area contributed by atoms with Gasteiger partial charge in [-0.2, -0.15) is 0 Å². The fourth-order valence-electron chi connectivity index (χ4n) is 4.09. The molecule has 1 N–H and O–H groups in total. The molecule has 0 radical (unpaired) electrons. The molecule has 1 saturated carbocycles. The van der Waals surface area contributed by atoms with Crippen LogP contribution in [0.1, 0.15) is 42.5 Å². The van der Waals surface area contributed by atoms with Crippen LogP contribution >= 0.6 is 0 Å². The van der Waals surface area contributed by atoms with Gasteiger partial charge in [0.1, 0.15) is 0 Å². The van der Waals surface area contributed by atoms with E-state index >= 15 is 0 Å². The Balaban J connectivity index is 1.52. The molecular formula is C18H22N2O2. The van der Waals surface area contributed by atoms with Crippen LogP contribution in [0.2, 0.25) is 0 Å². The standard InChI is InChI=1S/C18H22N2O2/c1-20-11-15(14-6-2-3-7-16(14)20)17(21)19-13-10-18(22-12-13)8-4-5-9-18/h2-3,6-7,11,13H,4-5,8-10,12H2,1H3,(H,19,21)/t13-/m1/s1. The van der Waals surface area contributed by atoms with Crippen molar-refractivity contribution < 1.29 is 9.53 Å². The molecule has 4 rings (SSSR count). The quantitative estimate of drug-likeness (QED) is 0.926. The van der Waals surface area contributed by atoms with Gasteiger partial charge in [0.15, 0.2) is 0 Å². The summed E-state index contributed by atoms with van der Waals surface area (Å²) >= 11 is 0. The summed E-state index contributed by atoms with van der Waals surface area (Å²) in [6.45, 7) is 0.649. The van der Waals surface area contributed by atoms with E-state index in [2.05, 4.69) is 5.32 Å². The van der Waals surface area contributed by atoms with E-state index in [9.17, 15) is 4.79 Å². The first kappa shape index (κ1) is 13.8. The Morgan fingerprint density at radius 3 is 2.91 bits per heavy atom. The molecule has 0 bridgehead atoms. The van der Waals surface area contributed by atoms with Crippen LogP contribution in [0.15, 0.2) is 30.5 Å². The number of carbonyl (C=O) groups excluding carboxylic acids is 1. The number of carbonyl (C=O) groups is 1. The molecule has 2 fully saturated rings. The molecule has 1 spiro atoms. The fraction of sp³-hybridized carbons (Fsp3) is 0.500. The predicted octanol–water partition coefficient (Wildman–Crippen LogP) is 3.01. The van der Waals surface area contributed by atoms with Crippen LogP contribution in [-0.4, -0.2) is 28.7 Å². The maximum absolute atomic E-state index is 12.7. The Morgan fingerprint density at radius 2 is 2.09 bits per heavy atom. The maximum Gasteiger partial charge on any atom is 0.253 e. The predicted molar refractivity (Wildman–Crippen MR) is 85.9 cm³/mol. The fourth-order valence-corrected chi connectivity index (χ4v) is 4.09. The highest BCUT2D eigenvalue weighted by Gasteiger charge is 2.42. The van der Waals surface area contributed by atoms with E-state index < -0.39 is 0 Å². The van der Waals surface area contributed by atoms with Crippen molar-refractivity contribution in [2.75, 3.05) is 6.61 Å². The first-order valence-corrected chi connectivity index (χ1v) is 8.16. The van der Waals surface area contributed by atoms with Gasteiger partial charge >= 0.3 is 0 Å². The number of nitrogens with one attached hydrogen (secondary N) is 1. The zero-order chi connectivity index (χ0) is 15.2. The minimum Gasteiger partial charge on any atom is -0.373 e. The molecule has 0 unspecified atom stereocenters. The monoisotopic (exact) mass is 298 g/mol. The molecule has 4 nitrogen and oxygen atoms in total. The molecule has 1 atom stereocenters. The first-order valence-electron chi connectivity index (χ1n) is 8.16. The Hall–Kier alpha value is -1.81. The molecule has 1 saturated heterocycles. The number of para-hydroxylation sites is 1. The minimum absolute atomic E-state index is 0.0143. The Kier molecular flexibility index (Phi) is 3.22. The highest BCUT2D eigenvalue weighted by atomic mass is 16.5. The number of fused-ring (bicyclic) bond motifs is 1. The summed E-state index contributed by atoms with van der Waals surface area (Å²) in [6.07, 6.45) is 7.68. The summed E-state index contributed by atoms with van der Waals surface area (Å²) in [6, 6.07) is 8.17. The topological polar surface area (TPSA) is 43.3 Å². The van der Waals surface area contributed by atoms with Gasteiger partial charge in [-0.05, 0) is 25.3 Å². The number of rotatable bonds is 2. The molecule has 4 heteroatoms. The van der Waals surface area contributed by atoms with E-state index in [-0.39, 0.29) is 17.6 Å². The average molecular weight is 298 g/mol. The lowest BCUT2D eigenvalue weighted by atomic mass is 9.96. The Morgan fingerprint density at radius 1 is 1.32 bits per heavy atom. The summed E-state index contributed by atoms with van der Waals surface area (Å²) in [5, 5.41) is 4.19. The van der Waals surface area contributed by atoms with Crippen molar-refractivity contribution in [3.8, 4) is 0 Å². The summed E-state index contributed by atoms with van der Waals surface area (Å²) in [7, 11) is 1.98. The zero-order valence-electron chi connectivity index (χ0n) is 13.0. The smallest absolute Gasteiger partial charge is 0.253 e. The van der Waals surface area contributed by atoms with Gasteiger partial charge in [-0.15, -0.1) is 0 Å². The highest BCUT2D eigenvalue weighted by molar-refractivity contribution is 6.07. The van der Waals surface area contributed by atoms with Crippen LogP contribution in [0, 0.1) is 0 Å². The average Bonchev–Trinajstić information content (AvgIpc) is 3.22. The number of hydrogen-bond acceptors (Lipinski definition) is 2. The van der Waals surface area contributed by atoms with E-state index in [0.29, 0.717) is 6.61 Å². The van der Waals surface area contributed by atoms with Crippen molar-refractivity contribution in [1.82, 2.24) is 9.88 Å². The number of nitrogens with zero attached hydrogens (tertiary/aromatic N) is 1. The number of hydrogen-bond donors (Lipinski definition) is 1. The molecule has 1 aliphatic carbocycles. The SMILES string of the molecule is Cn1cc(C(=O)N[C@H]2COC3(CCCC3)C2)c2ccccc21. The van der Waals surface area contributed by atoms with Crippen LogP contribution in [-0.2, 0) is 11.8 Å².